The number of para-hydroxylation sites is 1. The normalized spacial score (nSPS) is 21.4. The van der Waals surface area contributed by atoms with Crippen LogP contribution in [0.5, 0.6) is 5.75 Å². The van der Waals surface area contributed by atoms with Crippen molar-refractivity contribution >= 4 is 11.9 Å². The lowest BCUT2D eigenvalue weighted by molar-refractivity contribution is -0.130. The third kappa shape index (κ3) is 3.89. The third-order valence-corrected chi connectivity index (χ3v) is 5.01. The van der Waals surface area contributed by atoms with Crippen LogP contribution in [0, 0.1) is 0 Å². The van der Waals surface area contributed by atoms with Crippen LogP contribution >= 0.6 is 0 Å². The summed E-state index contributed by atoms with van der Waals surface area (Å²) in [6.07, 6.45) is 1.76. The summed E-state index contributed by atoms with van der Waals surface area (Å²) in [5, 5.41) is 3.06. The third-order valence-electron chi connectivity index (χ3n) is 5.01. The number of amides is 3. The van der Waals surface area contributed by atoms with Gasteiger partial charge in [-0.1, -0.05) is 25.1 Å². The van der Waals surface area contributed by atoms with E-state index in [0.29, 0.717) is 13.2 Å². The largest absolute Gasteiger partial charge is 0.493 e. The predicted molar refractivity (Wildman–Crippen MR) is 95.7 cm³/mol. The Balaban J connectivity index is 1.59. The second-order valence-corrected chi connectivity index (χ2v) is 6.85. The van der Waals surface area contributed by atoms with Gasteiger partial charge in [-0.25, -0.2) is 4.79 Å². The minimum Gasteiger partial charge on any atom is -0.493 e. The molecule has 0 radical (unpaired) electrons. The molecule has 3 amide bonds. The Bertz CT molecular complexity index is 634. The fourth-order valence-electron chi connectivity index (χ4n) is 3.59. The molecule has 0 spiro atoms. The van der Waals surface area contributed by atoms with E-state index >= 15 is 0 Å². The molecule has 1 saturated heterocycles. The first-order valence-corrected chi connectivity index (χ1v) is 9.15. The molecular weight excluding hydrogens is 318 g/mol. The smallest absolute Gasteiger partial charge is 0.318 e. The van der Waals surface area contributed by atoms with Gasteiger partial charge in [0.2, 0.25) is 5.91 Å². The molecule has 1 N–H and O–H groups in total. The number of fused-ring (bicyclic) bond motifs is 1. The number of rotatable bonds is 4. The van der Waals surface area contributed by atoms with E-state index in [2.05, 4.69) is 12.2 Å². The predicted octanol–water partition coefficient (Wildman–Crippen LogP) is 2.21. The number of benzene rings is 1. The van der Waals surface area contributed by atoms with Crippen molar-refractivity contribution in [2.75, 3.05) is 32.8 Å². The molecule has 0 aromatic heterocycles. The maximum Gasteiger partial charge on any atom is 0.318 e. The van der Waals surface area contributed by atoms with E-state index < -0.39 is 0 Å². The van der Waals surface area contributed by atoms with Gasteiger partial charge in [-0.3, -0.25) is 4.79 Å². The molecule has 1 aromatic rings. The standard InChI is InChI=1S/C19H27N3O3/c1-3-9-21-10-6-11-22(12-18(21)23)19(24)20-14(2)16-13-25-17-8-5-4-7-15(16)17/h4-5,7-8,14,16H,3,6,9-13H2,1-2H3,(H,20,24)/t14-,16+/m0/s1. The zero-order valence-corrected chi connectivity index (χ0v) is 15.0. The van der Waals surface area contributed by atoms with Crippen LogP contribution in [0.2, 0.25) is 0 Å². The van der Waals surface area contributed by atoms with Crippen molar-refractivity contribution in [1.82, 2.24) is 15.1 Å². The van der Waals surface area contributed by atoms with E-state index in [-0.39, 0.29) is 30.4 Å². The summed E-state index contributed by atoms with van der Waals surface area (Å²) in [5.41, 5.74) is 1.14. The lowest BCUT2D eigenvalue weighted by Gasteiger charge is -2.26. The molecule has 3 rings (SSSR count). The van der Waals surface area contributed by atoms with Crippen LogP contribution < -0.4 is 10.1 Å². The zero-order valence-electron chi connectivity index (χ0n) is 15.0. The second-order valence-electron chi connectivity index (χ2n) is 6.85. The minimum atomic E-state index is -0.163. The van der Waals surface area contributed by atoms with Gasteiger partial charge in [-0.2, -0.15) is 0 Å². The molecule has 2 heterocycles. The number of hydrogen-bond donors (Lipinski definition) is 1. The van der Waals surface area contributed by atoms with Crippen molar-refractivity contribution in [2.45, 2.75) is 38.6 Å². The molecule has 6 heteroatoms. The average Bonchev–Trinajstić information content (AvgIpc) is 2.95. The van der Waals surface area contributed by atoms with E-state index in [4.69, 9.17) is 4.74 Å². The fraction of sp³-hybridized carbons (Fsp3) is 0.579. The lowest BCUT2D eigenvalue weighted by Crippen LogP contribution is -2.48. The highest BCUT2D eigenvalue weighted by Crippen LogP contribution is 2.35. The second kappa shape index (κ2) is 7.76. The van der Waals surface area contributed by atoms with Gasteiger partial charge in [0.25, 0.3) is 0 Å². The van der Waals surface area contributed by atoms with Crippen molar-refractivity contribution in [3.8, 4) is 5.75 Å². The molecule has 2 atom stereocenters. The first-order valence-electron chi connectivity index (χ1n) is 9.15. The van der Waals surface area contributed by atoms with Gasteiger partial charge in [0.1, 0.15) is 12.3 Å². The molecule has 25 heavy (non-hydrogen) atoms. The molecule has 2 aliphatic rings. The Morgan fingerprint density at radius 2 is 2.16 bits per heavy atom. The van der Waals surface area contributed by atoms with Crippen LogP contribution in [0.4, 0.5) is 4.79 Å². The molecule has 0 aliphatic carbocycles. The number of carbonyl (C=O) groups excluding carboxylic acids is 2. The summed E-state index contributed by atoms with van der Waals surface area (Å²) >= 11 is 0. The summed E-state index contributed by atoms with van der Waals surface area (Å²) < 4.78 is 5.71. The van der Waals surface area contributed by atoms with E-state index in [9.17, 15) is 9.59 Å². The van der Waals surface area contributed by atoms with Crippen LogP contribution in [0.15, 0.2) is 24.3 Å². The number of ether oxygens (including phenoxy) is 1. The van der Waals surface area contributed by atoms with Gasteiger partial charge in [-0.05, 0) is 25.8 Å². The fourth-order valence-corrected chi connectivity index (χ4v) is 3.59. The molecule has 6 nitrogen and oxygen atoms in total. The Morgan fingerprint density at radius 1 is 1.36 bits per heavy atom. The van der Waals surface area contributed by atoms with E-state index in [1.807, 2.05) is 36.1 Å². The van der Waals surface area contributed by atoms with E-state index in [0.717, 1.165) is 37.2 Å². The van der Waals surface area contributed by atoms with Gasteiger partial charge in [0, 0.05) is 37.2 Å². The highest BCUT2D eigenvalue weighted by atomic mass is 16.5. The average molecular weight is 345 g/mol. The first kappa shape index (κ1) is 17.6. The number of nitrogens with one attached hydrogen (secondary N) is 1. The molecular formula is C19H27N3O3. The molecule has 136 valence electrons. The first-order chi connectivity index (χ1) is 12.1. The highest BCUT2D eigenvalue weighted by Gasteiger charge is 2.31. The molecule has 0 unspecified atom stereocenters. The van der Waals surface area contributed by atoms with E-state index in [1.54, 1.807) is 4.90 Å². The van der Waals surface area contributed by atoms with Gasteiger partial charge in [-0.15, -0.1) is 0 Å². The van der Waals surface area contributed by atoms with E-state index in [1.165, 1.54) is 0 Å². The molecule has 1 aromatic carbocycles. The highest BCUT2D eigenvalue weighted by molar-refractivity contribution is 5.84. The van der Waals surface area contributed by atoms with Gasteiger partial charge >= 0.3 is 6.03 Å². The lowest BCUT2D eigenvalue weighted by atomic mass is 9.94. The number of nitrogens with zero attached hydrogens (tertiary/aromatic N) is 2. The van der Waals surface area contributed by atoms with Crippen molar-refractivity contribution in [3.63, 3.8) is 0 Å². The quantitative estimate of drug-likeness (QED) is 0.910. The summed E-state index contributed by atoms with van der Waals surface area (Å²) in [4.78, 5) is 28.4. The topological polar surface area (TPSA) is 61.9 Å². The van der Waals surface area contributed by atoms with Crippen molar-refractivity contribution in [2.24, 2.45) is 0 Å². The summed E-state index contributed by atoms with van der Waals surface area (Å²) in [5.74, 6) is 1.07. The maximum absolute atomic E-state index is 12.6. The Labute approximate surface area is 149 Å². The zero-order chi connectivity index (χ0) is 17.8. The SMILES string of the molecule is CCCN1CCCN(C(=O)N[C@@H](C)[C@H]2COc3ccccc32)CC1=O. The van der Waals surface area contributed by atoms with Crippen molar-refractivity contribution < 1.29 is 14.3 Å². The molecule has 0 saturated carbocycles. The summed E-state index contributed by atoms with van der Waals surface area (Å²) in [6.45, 7) is 6.90. The number of carbonyl (C=O) groups is 2. The Morgan fingerprint density at radius 3 is 2.96 bits per heavy atom. The van der Waals surface area contributed by atoms with Crippen LogP contribution in [-0.2, 0) is 4.79 Å². The molecule has 2 aliphatic heterocycles. The summed E-state index contributed by atoms with van der Waals surface area (Å²) in [6, 6.07) is 7.73. The number of urea groups is 1. The van der Waals surface area contributed by atoms with Crippen molar-refractivity contribution in [1.29, 1.82) is 0 Å². The molecule has 1 fully saturated rings. The Hall–Kier alpha value is -2.24. The van der Waals surface area contributed by atoms with Gasteiger partial charge in [0.15, 0.2) is 0 Å². The number of hydrogen-bond acceptors (Lipinski definition) is 3. The van der Waals surface area contributed by atoms with Crippen LogP contribution in [0.1, 0.15) is 38.2 Å². The van der Waals surface area contributed by atoms with Crippen LogP contribution in [0.3, 0.4) is 0 Å². The maximum atomic E-state index is 12.6. The van der Waals surface area contributed by atoms with Gasteiger partial charge < -0.3 is 19.9 Å². The molecule has 0 bridgehead atoms. The van der Waals surface area contributed by atoms with Gasteiger partial charge in [0.05, 0.1) is 6.61 Å². The monoisotopic (exact) mass is 345 g/mol. The summed E-state index contributed by atoms with van der Waals surface area (Å²) in [7, 11) is 0. The Kier molecular flexibility index (Phi) is 5.46. The van der Waals surface area contributed by atoms with Crippen LogP contribution in [0.25, 0.3) is 0 Å². The van der Waals surface area contributed by atoms with Crippen LogP contribution in [-0.4, -0.2) is 60.6 Å². The minimum absolute atomic E-state index is 0.0386. The van der Waals surface area contributed by atoms with Crippen molar-refractivity contribution in [3.05, 3.63) is 29.8 Å².